The quantitative estimate of drug-likeness (QED) is 0.689. The molecule has 0 fully saturated rings. The van der Waals surface area contributed by atoms with Gasteiger partial charge in [-0.25, -0.2) is 0 Å². The predicted molar refractivity (Wildman–Crippen MR) is 51.8 cm³/mol. The van der Waals surface area contributed by atoms with E-state index in [1.165, 1.54) is 6.92 Å². The monoisotopic (exact) mass is 202 g/mol. The molecule has 0 heterocycles. The van der Waals surface area contributed by atoms with Crippen LogP contribution in [0.1, 0.15) is 34.1 Å². The Kier molecular flexibility index (Phi) is 4.60. The number of aliphatic carboxylic acids is 1. The largest absolute Gasteiger partial charge is 0.481 e. The highest BCUT2D eigenvalue weighted by Gasteiger charge is 2.28. The van der Waals surface area contributed by atoms with Crippen LogP contribution in [0.15, 0.2) is 0 Å². The molecule has 0 aromatic rings. The SMILES string of the molecule is CCC(C)(C)C(=O)OCC(C)C(=O)O. The van der Waals surface area contributed by atoms with E-state index in [2.05, 4.69) is 0 Å². The highest BCUT2D eigenvalue weighted by Crippen LogP contribution is 2.21. The summed E-state index contributed by atoms with van der Waals surface area (Å²) >= 11 is 0. The first-order valence-corrected chi connectivity index (χ1v) is 4.71. The zero-order valence-corrected chi connectivity index (χ0v) is 9.16. The van der Waals surface area contributed by atoms with Crippen molar-refractivity contribution in [3.05, 3.63) is 0 Å². The van der Waals surface area contributed by atoms with Crippen molar-refractivity contribution in [3.63, 3.8) is 0 Å². The third-order valence-corrected chi connectivity index (χ3v) is 2.32. The van der Waals surface area contributed by atoms with Crippen LogP contribution >= 0.6 is 0 Å². The van der Waals surface area contributed by atoms with Gasteiger partial charge in [0.25, 0.3) is 0 Å². The summed E-state index contributed by atoms with van der Waals surface area (Å²) in [6.07, 6.45) is 0.674. The number of rotatable bonds is 5. The highest BCUT2D eigenvalue weighted by atomic mass is 16.5. The first kappa shape index (κ1) is 12.9. The lowest BCUT2D eigenvalue weighted by molar-refractivity contribution is -0.158. The Hall–Kier alpha value is -1.06. The minimum Gasteiger partial charge on any atom is -0.481 e. The molecule has 1 atom stereocenters. The summed E-state index contributed by atoms with van der Waals surface area (Å²) in [5, 5.41) is 8.56. The predicted octanol–water partition coefficient (Wildman–Crippen LogP) is 1.69. The van der Waals surface area contributed by atoms with Gasteiger partial charge in [0.15, 0.2) is 0 Å². The Labute approximate surface area is 84.3 Å². The lowest BCUT2D eigenvalue weighted by Gasteiger charge is -2.20. The third kappa shape index (κ3) is 3.77. The molecule has 0 spiro atoms. The fourth-order valence-electron chi connectivity index (χ4n) is 0.612. The molecule has 82 valence electrons. The molecule has 0 rings (SSSR count). The molecule has 0 aliphatic carbocycles. The molecule has 0 aromatic heterocycles. The number of esters is 1. The second-order valence-corrected chi connectivity index (χ2v) is 4.08. The van der Waals surface area contributed by atoms with Crippen molar-refractivity contribution >= 4 is 11.9 Å². The first-order chi connectivity index (χ1) is 6.31. The van der Waals surface area contributed by atoms with Gasteiger partial charge >= 0.3 is 11.9 Å². The molecule has 0 bridgehead atoms. The summed E-state index contributed by atoms with van der Waals surface area (Å²) in [5.41, 5.74) is -0.530. The van der Waals surface area contributed by atoms with Crippen LogP contribution < -0.4 is 0 Å². The van der Waals surface area contributed by atoms with E-state index in [0.717, 1.165) is 0 Å². The Morgan fingerprint density at radius 1 is 1.43 bits per heavy atom. The van der Waals surface area contributed by atoms with Gasteiger partial charge in [0.05, 0.1) is 11.3 Å². The van der Waals surface area contributed by atoms with Crippen LogP contribution in [0.5, 0.6) is 0 Å². The van der Waals surface area contributed by atoms with Crippen molar-refractivity contribution in [2.45, 2.75) is 34.1 Å². The lowest BCUT2D eigenvalue weighted by atomic mass is 9.91. The smallest absolute Gasteiger partial charge is 0.311 e. The molecule has 4 nitrogen and oxygen atoms in total. The molecular weight excluding hydrogens is 184 g/mol. The van der Waals surface area contributed by atoms with Crippen molar-refractivity contribution in [2.75, 3.05) is 6.61 Å². The zero-order valence-electron chi connectivity index (χ0n) is 9.16. The summed E-state index contributed by atoms with van der Waals surface area (Å²) in [5.74, 6) is -1.94. The van der Waals surface area contributed by atoms with E-state index >= 15 is 0 Å². The minimum atomic E-state index is -0.952. The summed E-state index contributed by atoms with van der Waals surface area (Å²) < 4.78 is 4.90. The van der Waals surface area contributed by atoms with Gasteiger partial charge in [0, 0.05) is 0 Å². The fourth-order valence-corrected chi connectivity index (χ4v) is 0.612. The Morgan fingerprint density at radius 3 is 2.29 bits per heavy atom. The van der Waals surface area contributed by atoms with Crippen LogP contribution in [0, 0.1) is 11.3 Å². The third-order valence-electron chi connectivity index (χ3n) is 2.32. The van der Waals surface area contributed by atoms with Gasteiger partial charge < -0.3 is 9.84 Å². The number of hydrogen-bond donors (Lipinski definition) is 1. The van der Waals surface area contributed by atoms with Crippen molar-refractivity contribution in [1.29, 1.82) is 0 Å². The van der Waals surface area contributed by atoms with Crippen LogP contribution in [0.3, 0.4) is 0 Å². The van der Waals surface area contributed by atoms with E-state index < -0.39 is 17.3 Å². The summed E-state index contributed by atoms with van der Waals surface area (Å²) in [6, 6.07) is 0. The van der Waals surface area contributed by atoms with Crippen LogP contribution in [0.4, 0.5) is 0 Å². The van der Waals surface area contributed by atoms with Crippen LogP contribution in [0.25, 0.3) is 0 Å². The molecule has 0 saturated heterocycles. The van der Waals surface area contributed by atoms with E-state index in [0.29, 0.717) is 6.42 Å². The molecule has 4 heteroatoms. The molecule has 0 aliphatic rings. The van der Waals surface area contributed by atoms with E-state index in [1.807, 2.05) is 6.92 Å². The van der Waals surface area contributed by atoms with Crippen molar-refractivity contribution < 1.29 is 19.4 Å². The summed E-state index contributed by atoms with van der Waals surface area (Å²) in [6.45, 7) is 6.90. The molecular formula is C10H18O4. The maximum Gasteiger partial charge on any atom is 0.311 e. The van der Waals surface area contributed by atoms with E-state index in [-0.39, 0.29) is 12.6 Å². The number of ether oxygens (including phenoxy) is 1. The molecule has 0 radical (unpaired) electrons. The highest BCUT2D eigenvalue weighted by molar-refractivity contribution is 5.76. The van der Waals surface area contributed by atoms with Gasteiger partial charge in [0.2, 0.25) is 0 Å². The first-order valence-electron chi connectivity index (χ1n) is 4.71. The standard InChI is InChI=1S/C10H18O4/c1-5-10(3,4)9(13)14-6-7(2)8(11)12/h7H,5-6H2,1-4H3,(H,11,12). The van der Waals surface area contributed by atoms with Gasteiger partial charge in [0.1, 0.15) is 6.61 Å². The normalized spacial score (nSPS) is 13.4. The second kappa shape index (κ2) is 4.98. The molecule has 14 heavy (non-hydrogen) atoms. The lowest BCUT2D eigenvalue weighted by Crippen LogP contribution is -2.28. The van der Waals surface area contributed by atoms with Gasteiger partial charge in [-0.3, -0.25) is 9.59 Å². The number of carboxylic acid groups (broad SMARTS) is 1. The van der Waals surface area contributed by atoms with Crippen molar-refractivity contribution in [3.8, 4) is 0 Å². The van der Waals surface area contributed by atoms with Gasteiger partial charge in [-0.1, -0.05) is 6.92 Å². The van der Waals surface area contributed by atoms with Crippen molar-refractivity contribution in [1.82, 2.24) is 0 Å². The maximum atomic E-state index is 11.4. The number of carboxylic acids is 1. The van der Waals surface area contributed by atoms with Crippen LogP contribution in [-0.2, 0) is 14.3 Å². The summed E-state index contributed by atoms with van der Waals surface area (Å²) in [7, 11) is 0. The Morgan fingerprint density at radius 2 is 1.93 bits per heavy atom. The molecule has 1 N–H and O–H groups in total. The fraction of sp³-hybridized carbons (Fsp3) is 0.800. The van der Waals surface area contributed by atoms with E-state index in [9.17, 15) is 9.59 Å². The van der Waals surface area contributed by atoms with E-state index in [1.54, 1.807) is 13.8 Å². The van der Waals surface area contributed by atoms with E-state index in [4.69, 9.17) is 9.84 Å². The Balaban J connectivity index is 4.03. The van der Waals surface area contributed by atoms with Crippen LogP contribution in [-0.4, -0.2) is 23.7 Å². The Bertz CT molecular complexity index is 220. The van der Waals surface area contributed by atoms with Gasteiger partial charge in [-0.05, 0) is 27.2 Å². The molecule has 0 saturated carbocycles. The van der Waals surface area contributed by atoms with Gasteiger partial charge in [-0.15, -0.1) is 0 Å². The number of carbonyl (C=O) groups excluding carboxylic acids is 1. The maximum absolute atomic E-state index is 11.4. The topological polar surface area (TPSA) is 63.6 Å². The number of carbonyl (C=O) groups is 2. The van der Waals surface area contributed by atoms with Crippen molar-refractivity contribution in [2.24, 2.45) is 11.3 Å². The van der Waals surface area contributed by atoms with Gasteiger partial charge in [-0.2, -0.15) is 0 Å². The number of hydrogen-bond acceptors (Lipinski definition) is 3. The second-order valence-electron chi connectivity index (χ2n) is 4.08. The average Bonchev–Trinajstić information content (AvgIpc) is 2.13. The van der Waals surface area contributed by atoms with Crippen LogP contribution in [0.2, 0.25) is 0 Å². The summed E-state index contributed by atoms with van der Waals surface area (Å²) in [4.78, 5) is 21.8. The minimum absolute atomic E-state index is 0.0579. The molecule has 0 aromatic carbocycles. The molecule has 1 unspecified atom stereocenters. The zero-order chi connectivity index (χ0) is 11.4. The molecule has 0 aliphatic heterocycles. The average molecular weight is 202 g/mol. The molecule has 0 amide bonds.